The van der Waals surface area contributed by atoms with E-state index in [1.54, 1.807) is 6.20 Å². The Morgan fingerprint density at radius 3 is 3.19 bits per heavy atom. The van der Waals surface area contributed by atoms with Gasteiger partial charge >= 0.3 is 0 Å². The van der Waals surface area contributed by atoms with Gasteiger partial charge in [-0.2, -0.15) is 11.8 Å². The summed E-state index contributed by atoms with van der Waals surface area (Å²) in [5.74, 6) is 1.16. The average Bonchev–Trinajstić information content (AvgIpc) is 2.75. The highest BCUT2D eigenvalue weighted by Gasteiger charge is 2.24. The highest BCUT2D eigenvalue weighted by atomic mass is 79.9. The third-order valence-electron chi connectivity index (χ3n) is 2.76. The Bertz CT molecular complexity index is 380. The summed E-state index contributed by atoms with van der Waals surface area (Å²) in [4.78, 5) is 17.1. The average molecular weight is 303 g/mol. The number of nitrogens with one attached hydrogen (secondary N) is 1. The van der Waals surface area contributed by atoms with Gasteiger partial charge in [0.1, 0.15) is 5.69 Å². The zero-order chi connectivity index (χ0) is 11.5. The van der Waals surface area contributed by atoms with Crippen LogP contribution in [0.3, 0.4) is 0 Å². The summed E-state index contributed by atoms with van der Waals surface area (Å²) < 4.78 is 0.925. The number of H-pyrrole nitrogens is 1. The molecule has 0 radical (unpaired) electrons. The number of aromatic nitrogens is 1. The van der Waals surface area contributed by atoms with Crippen LogP contribution in [0.15, 0.2) is 16.7 Å². The van der Waals surface area contributed by atoms with Crippen LogP contribution in [0.1, 0.15) is 23.8 Å². The van der Waals surface area contributed by atoms with Gasteiger partial charge in [-0.05, 0) is 28.4 Å². The lowest BCUT2D eigenvalue weighted by atomic mass is 10.2. The van der Waals surface area contributed by atoms with Gasteiger partial charge in [-0.15, -0.1) is 0 Å². The maximum absolute atomic E-state index is 12.1. The van der Waals surface area contributed by atoms with E-state index >= 15 is 0 Å². The summed E-state index contributed by atoms with van der Waals surface area (Å²) in [6.07, 6.45) is 2.92. The summed E-state index contributed by atoms with van der Waals surface area (Å²) in [5, 5.41) is 0.594. The number of carbonyl (C=O) groups is 1. The van der Waals surface area contributed by atoms with Crippen molar-refractivity contribution in [3.63, 3.8) is 0 Å². The van der Waals surface area contributed by atoms with Gasteiger partial charge in [0.15, 0.2) is 0 Å². The lowest BCUT2D eigenvalue weighted by Crippen LogP contribution is -2.41. The molecule has 1 amide bonds. The molecule has 16 heavy (non-hydrogen) atoms. The number of nitrogens with zero attached hydrogens (tertiary/aromatic N) is 1. The lowest BCUT2D eigenvalue weighted by molar-refractivity contribution is 0.0756. The highest BCUT2D eigenvalue weighted by Crippen LogP contribution is 2.22. The molecule has 1 aliphatic rings. The van der Waals surface area contributed by atoms with E-state index in [1.165, 1.54) is 0 Å². The fourth-order valence-corrected chi connectivity index (χ4v) is 3.34. The first kappa shape index (κ1) is 12.0. The molecule has 0 bridgehead atoms. The molecule has 1 aromatic heterocycles. The molecule has 1 aliphatic heterocycles. The number of halogens is 1. The van der Waals surface area contributed by atoms with Crippen LogP contribution in [0.25, 0.3) is 0 Å². The molecule has 1 unspecified atom stereocenters. The fraction of sp³-hybridized carbons (Fsp3) is 0.545. The number of hydrogen-bond donors (Lipinski definition) is 1. The van der Waals surface area contributed by atoms with E-state index in [0.717, 1.165) is 29.7 Å². The largest absolute Gasteiger partial charge is 0.356 e. The predicted octanol–water partition coefficient (Wildman–Crippen LogP) is 2.74. The van der Waals surface area contributed by atoms with E-state index in [4.69, 9.17) is 0 Å². The van der Waals surface area contributed by atoms with Crippen LogP contribution in [0.5, 0.6) is 0 Å². The van der Waals surface area contributed by atoms with Gasteiger partial charge in [-0.25, -0.2) is 0 Å². The van der Waals surface area contributed by atoms with Gasteiger partial charge in [0, 0.05) is 34.8 Å². The Balaban J connectivity index is 2.04. The third kappa shape index (κ3) is 2.63. The van der Waals surface area contributed by atoms with E-state index in [9.17, 15) is 4.79 Å². The van der Waals surface area contributed by atoms with Gasteiger partial charge in [0.05, 0.1) is 0 Å². The molecule has 0 aliphatic carbocycles. The maximum Gasteiger partial charge on any atom is 0.270 e. The van der Waals surface area contributed by atoms with Crippen LogP contribution in [0.4, 0.5) is 0 Å². The SMILES string of the molecule is CCC1CN(C(=O)c2cc(Br)c[nH]2)CCS1. The Hall–Kier alpha value is -0.420. The van der Waals surface area contributed by atoms with Crippen molar-refractivity contribution < 1.29 is 4.79 Å². The second-order valence-corrected chi connectivity index (χ2v) is 6.21. The molecule has 5 heteroatoms. The van der Waals surface area contributed by atoms with Crippen molar-refractivity contribution in [1.82, 2.24) is 9.88 Å². The summed E-state index contributed by atoms with van der Waals surface area (Å²) in [6, 6.07) is 1.84. The van der Waals surface area contributed by atoms with Gasteiger partial charge < -0.3 is 9.88 Å². The molecular weight excluding hydrogens is 288 g/mol. The number of carbonyl (C=O) groups excluding carboxylic acids is 1. The standard InChI is InChI=1S/C11H15BrN2OS/c1-2-9-7-14(3-4-16-9)11(15)10-5-8(12)6-13-10/h5-6,9,13H,2-4,7H2,1H3. The second kappa shape index (κ2) is 5.27. The Morgan fingerprint density at radius 2 is 2.56 bits per heavy atom. The van der Waals surface area contributed by atoms with Crippen LogP contribution in [-0.4, -0.2) is 39.9 Å². The molecule has 1 N–H and O–H groups in total. The fourth-order valence-electron chi connectivity index (χ4n) is 1.81. The molecule has 3 nitrogen and oxygen atoms in total. The van der Waals surface area contributed by atoms with Gasteiger partial charge in [0.25, 0.3) is 5.91 Å². The van der Waals surface area contributed by atoms with Crippen LogP contribution in [0.2, 0.25) is 0 Å². The highest BCUT2D eigenvalue weighted by molar-refractivity contribution is 9.10. The van der Waals surface area contributed by atoms with Crippen molar-refractivity contribution >= 4 is 33.6 Å². The second-order valence-electron chi connectivity index (χ2n) is 3.88. The predicted molar refractivity (Wildman–Crippen MR) is 70.9 cm³/mol. The smallest absolute Gasteiger partial charge is 0.270 e. The Morgan fingerprint density at radius 1 is 1.75 bits per heavy atom. The zero-order valence-electron chi connectivity index (χ0n) is 9.20. The molecular formula is C11H15BrN2OS. The lowest BCUT2D eigenvalue weighted by Gasteiger charge is -2.31. The van der Waals surface area contributed by atoms with Crippen molar-refractivity contribution in [2.45, 2.75) is 18.6 Å². The molecule has 1 atom stereocenters. The molecule has 1 aromatic rings. The van der Waals surface area contributed by atoms with Crippen molar-refractivity contribution in [3.05, 3.63) is 22.4 Å². The maximum atomic E-state index is 12.1. The molecule has 1 fully saturated rings. The van der Waals surface area contributed by atoms with E-state index in [0.29, 0.717) is 10.9 Å². The summed E-state index contributed by atoms with van der Waals surface area (Å²) in [5.41, 5.74) is 0.675. The minimum Gasteiger partial charge on any atom is -0.356 e. The van der Waals surface area contributed by atoms with E-state index < -0.39 is 0 Å². The van der Waals surface area contributed by atoms with E-state index in [2.05, 4.69) is 27.8 Å². The molecule has 0 spiro atoms. The Labute approximate surface area is 108 Å². The normalized spacial score (nSPS) is 21.1. The van der Waals surface area contributed by atoms with Crippen molar-refractivity contribution in [2.24, 2.45) is 0 Å². The number of aromatic amines is 1. The molecule has 0 saturated carbocycles. The molecule has 2 heterocycles. The molecule has 1 saturated heterocycles. The van der Waals surface area contributed by atoms with Crippen LogP contribution >= 0.6 is 27.7 Å². The van der Waals surface area contributed by atoms with E-state index in [-0.39, 0.29) is 5.91 Å². The molecule has 2 rings (SSSR count). The number of hydrogen-bond acceptors (Lipinski definition) is 2. The van der Waals surface area contributed by atoms with Gasteiger partial charge in [0.2, 0.25) is 0 Å². The third-order valence-corrected chi connectivity index (χ3v) is 4.59. The van der Waals surface area contributed by atoms with Gasteiger partial charge in [-0.1, -0.05) is 6.92 Å². The van der Waals surface area contributed by atoms with Crippen LogP contribution < -0.4 is 0 Å². The number of amides is 1. The minimum atomic E-state index is 0.115. The van der Waals surface area contributed by atoms with Crippen LogP contribution in [-0.2, 0) is 0 Å². The monoisotopic (exact) mass is 302 g/mol. The Kier molecular flexibility index (Phi) is 3.97. The summed E-state index contributed by atoms with van der Waals surface area (Å²) >= 11 is 5.32. The first-order valence-electron chi connectivity index (χ1n) is 5.45. The quantitative estimate of drug-likeness (QED) is 0.912. The molecule has 88 valence electrons. The number of thioether (sulfide) groups is 1. The summed E-state index contributed by atoms with van der Waals surface area (Å²) in [7, 11) is 0. The van der Waals surface area contributed by atoms with Crippen molar-refractivity contribution in [1.29, 1.82) is 0 Å². The zero-order valence-corrected chi connectivity index (χ0v) is 11.6. The van der Waals surface area contributed by atoms with Gasteiger partial charge in [-0.3, -0.25) is 4.79 Å². The number of rotatable bonds is 2. The van der Waals surface area contributed by atoms with Crippen LogP contribution in [0, 0.1) is 0 Å². The van der Waals surface area contributed by atoms with E-state index in [1.807, 2.05) is 22.7 Å². The minimum absolute atomic E-state index is 0.115. The topological polar surface area (TPSA) is 36.1 Å². The van der Waals surface area contributed by atoms with Crippen molar-refractivity contribution in [3.8, 4) is 0 Å². The first-order chi connectivity index (χ1) is 7.70. The molecule has 0 aromatic carbocycles. The first-order valence-corrected chi connectivity index (χ1v) is 7.29. The summed E-state index contributed by atoms with van der Waals surface area (Å²) in [6.45, 7) is 3.91. The van der Waals surface area contributed by atoms with Crippen molar-refractivity contribution in [2.75, 3.05) is 18.8 Å².